The van der Waals surface area contributed by atoms with Crippen LogP contribution in [0.25, 0.3) is 10.9 Å². The molecule has 9 heteroatoms. The average Bonchev–Trinajstić information content (AvgIpc) is 2.90. The van der Waals surface area contributed by atoms with Crippen molar-refractivity contribution in [1.29, 1.82) is 0 Å². The fraction of sp³-hybridized carbons (Fsp3) is 0.379. The van der Waals surface area contributed by atoms with Crippen LogP contribution < -0.4 is 10.7 Å². The summed E-state index contributed by atoms with van der Waals surface area (Å²) in [4.78, 5) is 28.9. The summed E-state index contributed by atoms with van der Waals surface area (Å²) in [6.07, 6.45) is 3.18. The zero-order valence-corrected chi connectivity index (χ0v) is 23.5. The van der Waals surface area contributed by atoms with E-state index in [-0.39, 0.29) is 21.9 Å². The maximum absolute atomic E-state index is 13.4. The standard InChI is InChI=1S/C29H38N4O4S/c1-6-17-32-21-26(29(35)30-16-18-31(22(4)5)20-23-12-10-9-11-13-23)28(34)25-19-24(14-15-27(25)32)38(36,37)33(7-2)8-3/h6,9-15,19,21-22H,1,7-8,16-18,20H2,2-5H3,(H,30,35). The number of pyridine rings is 1. The summed E-state index contributed by atoms with van der Waals surface area (Å²) in [6.45, 7) is 14.2. The smallest absolute Gasteiger partial charge is 0.256 e. The highest BCUT2D eigenvalue weighted by Crippen LogP contribution is 2.21. The van der Waals surface area contributed by atoms with Gasteiger partial charge >= 0.3 is 0 Å². The molecule has 0 atom stereocenters. The topological polar surface area (TPSA) is 91.7 Å². The number of hydrogen-bond acceptors (Lipinski definition) is 5. The molecule has 0 aliphatic carbocycles. The second kappa shape index (κ2) is 13.0. The van der Waals surface area contributed by atoms with Crippen molar-refractivity contribution in [3.63, 3.8) is 0 Å². The minimum absolute atomic E-state index is 0.0296. The van der Waals surface area contributed by atoms with Crippen LogP contribution in [-0.4, -0.2) is 60.3 Å². The molecule has 0 spiro atoms. The van der Waals surface area contributed by atoms with E-state index in [0.717, 1.165) is 6.54 Å². The van der Waals surface area contributed by atoms with Crippen molar-refractivity contribution in [3.8, 4) is 0 Å². The Morgan fingerprint density at radius 2 is 1.79 bits per heavy atom. The van der Waals surface area contributed by atoms with Gasteiger partial charge in [0.05, 0.1) is 10.4 Å². The Labute approximate surface area is 225 Å². The summed E-state index contributed by atoms with van der Waals surface area (Å²) in [5.74, 6) is -0.491. The molecule has 0 fully saturated rings. The maximum Gasteiger partial charge on any atom is 0.256 e. The molecule has 0 radical (unpaired) electrons. The molecule has 1 N–H and O–H groups in total. The molecule has 8 nitrogen and oxygen atoms in total. The third-order valence-electron chi connectivity index (χ3n) is 6.61. The van der Waals surface area contributed by atoms with E-state index in [2.05, 4.69) is 42.8 Å². The number of nitrogens with zero attached hydrogens (tertiary/aromatic N) is 3. The van der Waals surface area contributed by atoms with Gasteiger partial charge in [0.1, 0.15) is 5.56 Å². The van der Waals surface area contributed by atoms with Gasteiger partial charge in [0, 0.05) is 56.9 Å². The highest BCUT2D eigenvalue weighted by Gasteiger charge is 2.24. The van der Waals surface area contributed by atoms with Crippen LogP contribution in [0.3, 0.4) is 0 Å². The first-order valence-electron chi connectivity index (χ1n) is 13.0. The Hall–Kier alpha value is -3.27. The molecular weight excluding hydrogens is 500 g/mol. The number of fused-ring (bicyclic) bond motifs is 1. The number of benzene rings is 2. The number of allylic oxidation sites excluding steroid dienone is 1. The van der Waals surface area contributed by atoms with E-state index in [1.807, 2.05) is 18.2 Å². The predicted octanol–water partition coefficient (Wildman–Crippen LogP) is 3.86. The van der Waals surface area contributed by atoms with E-state index in [4.69, 9.17) is 0 Å². The molecule has 3 aromatic rings. The van der Waals surface area contributed by atoms with Gasteiger partial charge in [0.25, 0.3) is 5.91 Å². The number of hydrogen-bond donors (Lipinski definition) is 1. The molecule has 204 valence electrons. The summed E-state index contributed by atoms with van der Waals surface area (Å²) < 4.78 is 29.2. The van der Waals surface area contributed by atoms with Gasteiger partial charge in [-0.25, -0.2) is 8.42 Å². The molecule has 0 aliphatic heterocycles. The first kappa shape index (κ1) is 29.3. The van der Waals surface area contributed by atoms with Gasteiger partial charge in [0.2, 0.25) is 15.5 Å². The normalized spacial score (nSPS) is 12.0. The van der Waals surface area contributed by atoms with Crippen molar-refractivity contribution in [2.45, 2.75) is 51.7 Å². The van der Waals surface area contributed by atoms with Gasteiger partial charge in [-0.2, -0.15) is 4.31 Å². The SMILES string of the molecule is C=CCn1cc(C(=O)NCCN(Cc2ccccc2)C(C)C)c(=O)c2cc(S(=O)(=O)N(CC)CC)ccc21. The van der Waals surface area contributed by atoms with Crippen molar-refractivity contribution in [2.24, 2.45) is 0 Å². The van der Waals surface area contributed by atoms with Crippen molar-refractivity contribution in [3.05, 3.63) is 88.7 Å². The molecule has 38 heavy (non-hydrogen) atoms. The van der Waals surface area contributed by atoms with Crippen LogP contribution in [0.15, 0.2) is 77.1 Å². The Morgan fingerprint density at radius 1 is 1.11 bits per heavy atom. The van der Waals surface area contributed by atoms with Crippen molar-refractivity contribution >= 4 is 26.8 Å². The van der Waals surface area contributed by atoms with Crippen molar-refractivity contribution in [2.75, 3.05) is 26.2 Å². The highest BCUT2D eigenvalue weighted by atomic mass is 32.2. The predicted molar refractivity (Wildman–Crippen MR) is 153 cm³/mol. The zero-order chi connectivity index (χ0) is 27.9. The lowest BCUT2D eigenvalue weighted by Crippen LogP contribution is -2.39. The molecule has 0 saturated heterocycles. The molecule has 1 aromatic heterocycles. The van der Waals surface area contributed by atoms with Crippen LogP contribution in [0.1, 0.15) is 43.6 Å². The minimum Gasteiger partial charge on any atom is -0.351 e. The van der Waals surface area contributed by atoms with Crippen LogP contribution in [-0.2, 0) is 23.1 Å². The Kier molecular flexibility index (Phi) is 10.0. The summed E-state index contributed by atoms with van der Waals surface area (Å²) in [5.41, 5.74) is 1.19. The van der Waals surface area contributed by atoms with Crippen molar-refractivity contribution in [1.82, 2.24) is 19.1 Å². The Balaban J connectivity index is 1.89. The van der Waals surface area contributed by atoms with E-state index in [9.17, 15) is 18.0 Å². The largest absolute Gasteiger partial charge is 0.351 e. The number of carbonyl (C=O) groups excluding carboxylic acids is 1. The van der Waals surface area contributed by atoms with Gasteiger partial charge in [-0.3, -0.25) is 14.5 Å². The summed E-state index contributed by atoms with van der Waals surface area (Å²) in [5, 5.41) is 3.06. The maximum atomic E-state index is 13.4. The number of carbonyl (C=O) groups is 1. The lowest BCUT2D eigenvalue weighted by atomic mass is 10.1. The van der Waals surface area contributed by atoms with Gasteiger partial charge in [-0.1, -0.05) is 50.3 Å². The van der Waals surface area contributed by atoms with E-state index in [1.54, 1.807) is 30.6 Å². The third kappa shape index (κ3) is 6.59. The fourth-order valence-electron chi connectivity index (χ4n) is 4.45. The van der Waals surface area contributed by atoms with Crippen LogP contribution in [0, 0.1) is 0 Å². The van der Waals surface area contributed by atoms with Crippen molar-refractivity contribution < 1.29 is 13.2 Å². The van der Waals surface area contributed by atoms with Gasteiger partial charge in [-0.05, 0) is 37.6 Å². The number of rotatable bonds is 13. The number of amides is 1. The van der Waals surface area contributed by atoms with Crippen LogP contribution in [0.2, 0.25) is 0 Å². The summed E-state index contributed by atoms with van der Waals surface area (Å²) in [6, 6.07) is 14.9. The first-order valence-corrected chi connectivity index (χ1v) is 14.4. The lowest BCUT2D eigenvalue weighted by molar-refractivity contribution is 0.0942. The Bertz CT molecular complexity index is 1430. The minimum atomic E-state index is -3.77. The highest BCUT2D eigenvalue weighted by molar-refractivity contribution is 7.89. The van der Waals surface area contributed by atoms with Crippen LogP contribution in [0.4, 0.5) is 0 Å². The quantitative estimate of drug-likeness (QED) is 0.334. The molecule has 0 unspecified atom stereocenters. The zero-order valence-electron chi connectivity index (χ0n) is 22.7. The molecule has 0 aliphatic rings. The van der Waals surface area contributed by atoms with Gasteiger partial charge in [0.15, 0.2) is 0 Å². The molecule has 0 bridgehead atoms. The molecule has 3 rings (SSSR count). The first-order chi connectivity index (χ1) is 18.1. The van der Waals surface area contributed by atoms with E-state index in [0.29, 0.717) is 38.2 Å². The van der Waals surface area contributed by atoms with E-state index in [1.165, 1.54) is 28.2 Å². The summed E-state index contributed by atoms with van der Waals surface area (Å²) >= 11 is 0. The molecule has 1 amide bonds. The number of sulfonamides is 1. The second-order valence-corrected chi connectivity index (χ2v) is 11.3. The molecular formula is C29H38N4O4S. The van der Waals surface area contributed by atoms with Gasteiger partial charge < -0.3 is 9.88 Å². The number of nitrogens with one attached hydrogen (secondary N) is 1. The average molecular weight is 539 g/mol. The number of aromatic nitrogens is 1. The van der Waals surface area contributed by atoms with E-state index < -0.39 is 21.4 Å². The monoisotopic (exact) mass is 538 g/mol. The summed E-state index contributed by atoms with van der Waals surface area (Å²) in [7, 11) is -3.77. The third-order valence-corrected chi connectivity index (χ3v) is 8.65. The van der Waals surface area contributed by atoms with Crippen LogP contribution in [0.5, 0.6) is 0 Å². The van der Waals surface area contributed by atoms with E-state index >= 15 is 0 Å². The molecule has 1 heterocycles. The second-order valence-electron chi connectivity index (χ2n) is 9.39. The van der Waals surface area contributed by atoms with Gasteiger partial charge in [-0.15, -0.1) is 6.58 Å². The molecule has 2 aromatic carbocycles. The lowest BCUT2D eigenvalue weighted by Gasteiger charge is -2.26. The molecule has 0 saturated carbocycles. The van der Waals surface area contributed by atoms with Crippen LogP contribution >= 0.6 is 0 Å². The fourth-order valence-corrected chi connectivity index (χ4v) is 5.93. The Morgan fingerprint density at radius 3 is 2.39 bits per heavy atom.